The van der Waals surface area contributed by atoms with Crippen molar-refractivity contribution in [1.29, 1.82) is 0 Å². The number of ether oxygens (including phenoxy) is 2. The number of carboxylic acid groups (broad SMARTS) is 2. The fourth-order valence-corrected chi connectivity index (χ4v) is 4.97. The molecule has 15 heteroatoms. The van der Waals surface area contributed by atoms with Crippen LogP contribution in [-0.2, 0) is 25.9 Å². The quantitative estimate of drug-likeness (QED) is 0.0942. The minimum Gasteiger partial charge on any atom is -0.480 e. The van der Waals surface area contributed by atoms with Crippen molar-refractivity contribution in [2.24, 2.45) is 0 Å². The lowest BCUT2D eigenvalue weighted by Gasteiger charge is -2.24. The molecule has 0 aliphatic heterocycles. The summed E-state index contributed by atoms with van der Waals surface area (Å²) in [6.07, 6.45) is -6.10. The Kier molecular flexibility index (Phi) is 10.6. The van der Waals surface area contributed by atoms with E-state index >= 15 is 0 Å². The highest BCUT2D eigenvalue weighted by atomic mass is 35.5. The second kappa shape index (κ2) is 14.5. The first kappa shape index (κ1) is 36.0. The molecule has 0 aliphatic rings. The van der Waals surface area contributed by atoms with Crippen molar-refractivity contribution in [2.45, 2.75) is 11.6 Å². The van der Waals surface area contributed by atoms with Crippen LogP contribution in [0.1, 0.15) is 31.8 Å². The molecular weight excluding hydrogens is 673 g/mol. The summed E-state index contributed by atoms with van der Waals surface area (Å²) < 4.78 is 49.3. The number of halogens is 4. The lowest BCUT2D eigenvalue weighted by molar-refractivity contribution is -0.160. The number of benzene rings is 4. The van der Waals surface area contributed by atoms with Crippen molar-refractivity contribution in [3.8, 4) is 16.9 Å². The normalized spacial score (nSPS) is 11.3. The second-order valence-electron chi connectivity index (χ2n) is 10.6. The molecule has 0 radical (unpaired) electrons. The SMILES string of the molecule is CN(C)C(=O)c1c(NC(=O)c2ccccc2-c2ccc(C(F)(F)F)cc2)ccc(OC(=O)OCC(C(=O)O)(C(=O)O)c2ccccc2)c1Cl. The number of hydrogen-bond acceptors (Lipinski definition) is 7. The lowest BCUT2D eigenvalue weighted by Crippen LogP contribution is -2.48. The van der Waals surface area contributed by atoms with E-state index in [-0.39, 0.29) is 27.9 Å². The molecule has 0 heterocycles. The van der Waals surface area contributed by atoms with Crippen molar-refractivity contribution < 1.29 is 56.8 Å². The van der Waals surface area contributed by atoms with Gasteiger partial charge in [-0.1, -0.05) is 72.3 Å². The summed E-state index contributed by atoms with van der Waals surface area (Å²) in [5, 5.41) is 21.7. The molecule has 0 saturated heterocycles. The van der Waals surface area contributed by atoms with E-state index in [9.17, 15) is 47.4 Å². The van der Waals surface area contributed by atoms with E-state index in [2.05, 4.69) is 5.32 Å². The molecule has 3 N–H and O–H groups in total. The van der Waals surface area contributed by atoms with E-state index < -0.39 is 64.4 Å². The molecule has 4 aromatic carbocycles. The maximum atomic E-state index is 13.5. The Morgan fingerprint density at radius 1 is 0.796 bits per heavy atom. The molecule has 4 rings (SSSR count). The smallest absolute Gasteiger partial charge is 0.480 e. The van der Waals surface area contributed by atoms with Gasteiger partial charge in [0.2, 0.25) is 5.41 Å². The third-order valence-corrected chi connectivity index (χ3v) is 7.64. The van der Waals surface area contributed by atoms with Crippen LogP contribution in [-0.4, -0.2) is 65.7 Å². The van der Waals surface area contributed by atoms with Crippen LogP contribution in [0.2, 0.25) is 5.02 Å². The van der Waals surface area contributed by atoms with Crippen molar-refractivity contribution >= 4 is 47.2 Å². The summed E-state index contributed by atoms with van der Waals surface area (Å²) in [5.74, 6) is -5.57. The predicted octanol–water partition coefficient (Wildman–Crippen LogP) is 6.60. The Hall–Kier alpha value is -5.89. The van der Waals surface area contributed by atoms with E-state index in [1.165, 1.54) is 80.8 Å². The number of nitrogens with zero attached hydrogens (tertiary/aromatic N) is 1. The van der Waals surface area contributed by atoms with E-state index in [0.29, 0.717) is 5.56 Å². The third-order valence-electron chi connectivity index (χ3n) is 7.27. The zero-order chi connectivity index (χ0) is 36.1. The van der Waals surface area contributed by atoms with Gasteiger partial charge in [0.15, 0.2) is 5.75 Å². The van der Waals surface area contributed by atoms with Gasteiger partial charge in [-0.25, -0.2) is 4.79 Å². The van der Waals surface area contributed by atoms with Gasteiger partial charge >= 0.3 is 24.3 Å². The number of carbonyl (C=O) groups is 5. The van der Waals surface area contributed by atoms with Crippen molar-refractivity contribution in [1.82, 2.24) is 4.90 Å². The predicted molar refractivity (Wildman–Crippen MR) is 170 cm³/mol. The van der Waals surface area contributed by atoms with Crippen LogP contribution in [0, 0.1) is 0 Å². The molecule has 0 unspecified atom stereocenters. The van der Waals surface area contributed by atoms with E-state index in [4.69, 9.17) is 21.1 Å². The lowest BCUT2D eigenvalue weighted by atomic mass is 9.81. The van der Waals surface area contributed by atoms with Crippen molar-refractivity contribution in [2.75, 3.05) is 26.0 Å². The Labute approximate surface area is 281 Å². The molecule has 0 saturated carbocycles. The average Bonchev–Trinajstić information content (AvgIpc) is 3.06. The van der Waals surface area contributed by atoms with Crippen molar-refractivity contribution in [3.63, 3.8) is 0 Å². The molecule has 4 aromatic rings. The zero-order valence-corrected chi connectivity index (χ0v) is 26.3. The fraction of sp³-hybridized carbons (Fsp3) is 0.147. The van der Waals surface area contributed by atoms with Crippen LogP contribution in [0.5, 0.6) is 5.75 Å². The van der Waals surface area contributed by atoms with Crippen molar-refractivity contribution in [3.05, 3.63) is 118 Å². The van der Waals surface area contributed by atoms with Gasteiger partial charge in [0, 0.05) is 19.7 Å². The summed E-state index contributed by atoms with van der Waals surface area (Å²) in [6, 6.07) is 19.4. The molecule has 254 valence electrons. The Balaban J connectivity index is 1.62. The van der Waals surface area contributed by atoms with Gasteiger partial charge in [0.05, 0.1) is 21.8 Å². The van der Waals surface area contributed by atoms with E-state index in [1.54, 1.807) is 6.07 Å². The van der Waals surface area contributed by atoms with Gasteiger partial charge in [0.1, 0.15) is 6.61 Å². The average molecular weight is 699 g/mol. The maximum Gasteiger partial charge on any atom is 0.513 e. The van der Waals surface area contributed by atoms with E-state index in [0.717, 1.165) is 23.1 Å². The number of rotatable bonds is 10. The summed E-state index contributed by atoms with van der Waals surface area (Å²) >= 11 is 6.48. The third kappa shape index (κ3) is 7.65. The topological polar surface area (TPSA) is 160 Å². The number of hydrogen-bond donors (Lipinski definition) is 3. The first-order valence-corrected chi connectivity index (χ1v) is 14.4. The molecule has 0 atom stereocenters. The monoisotopic (exact) mass is 698 g/mol. The van der Waals surface area contributed by atoms with Gasteiger partial charge < -0.3 is 29.9 Å². The molecule has 0 fully saturated rings. The summed E-state index contributed by atoms with van der Waals surface area (Å²) in [5.41, 5.74) is -3.54. The number of alkyl halides is 3. The molecule has 0 spiro atoms. The first-order chi connectivity index (χ1) is 23.1. The van der Waals surface area contributed by atoms with Crippen LogP contribution in [0.4, 0.5) is 23.7 Å². The Bertz CT molecular complexity index is 1900. The minimum absolute atomic E-state index is 0.0456. The van der Waals surface area contributed by atoms with Crippen LogP contribution < -0.4 is 10.1 Å². The first-order valence-electron chi connectivity index (χ1n) is 14.1. The second-order valence-corrected chi connectivity index (χ2v) is 11.0. The highest BCUT2D eigenvalue weighted by Crippen LogP contribution is 2.36. The molecular formula is C34H26ClF3N2O9. The molecule has 0 bridgehead atoms. The van der Waals surface area contributed by atoms with Crippen LogP contribution in [0.25, 0.3) is 11.1 Å². The number of aliphatic carboxylic acids is 2. The van der Waals surface area contributed by atoms with E-state index in [1.807, 2.05) is 0 Å². The summed E-state index contributed by atoms with van der Waals surface area (Å²) in [6.45, 7) is -1.17. The standard InChI is InChI=1S/C34H26ClF3N2O9/c1-40(2)29(42)26-24(39-28(41)23-11-7-6-10-22(23)19-12-14-21(15-13-19)34(36,37)38)16-17-25(27(26)35)49-32(47)48-18-33(30(43)44,31(45)46)20-8-4-3-5-9-20/h3-17H,18H2,1-2H3,(H,39,41)(H,43,44)(H,45,46). The number of carbonyl (C=O) groups excluding carboxylic acids is 3. The maximum absolute atomic E-state index is 13.5. The molecule has 11 nitrogen and oxygen atoms in total. The largest absolute Gasteiger partial charge is 0.513 e. The Morgan fingerprint density at radius 2 is 1.39 bits per heavy atom. The number of nitrogens with one attached hydrogen (secondary N) is 1. The zero-order valence-electron chi connectivity index (χ0n) is 25.6. The number of carboxylic acids is 2. The molecule has 49 heavy (non-hydrogen) atoms. The van der Waals surface area contributed by atoms with Crippen LogP contribution in [0.3, 0.4) is 0 Å². The highest BCUT2D eigenvalue weighted by molar-refractivity contribution is 6.36. The van der Waals surface area contributed by atoms with Gasteiger partial charge in [-0.15, -0.1) is 0 Å². The van der Waals surface area contributed by atoms with Crippen LogP contribution >= 0.6 is 11.6 Å². The summed E-state index contributed by atoms with van der Waals surface area (Å²) in [4.78, 5) is 64.7. The molecule has 0 aliphatic carbocycles. The van der Waals surface area contributed by atoms with Crippen LogP contribution in [0.15, 0.2) is 91.0 Å². The van der Waals surface area contributed by atoms with Gasteiger partial charge in [0.25, 0.3) is 11.8 Å². The number of amides is 2. The van der Waals surface area contributed by atoms with Gasteiger partial charge in [-0.2, -0.15) is 13.2 Å². The molecule has 2 amide bonds. The van der Waals surface area contributed by atoms with Gasteiger partial charge in [-0.3, -0.25) is 19.2 Å². The van der Waals surface area contributed by atoms with Gasteiger partial charge in [-0.05, 0) is 47.0 Å². The number of anilines is 1. The Morgan fingerprint density at radius 3 is 1.96 bits per heavy atom. The fourth-order valence-electron chi connectivity index (χ4n) is 4.69. The minimum atomic E-state index is -4.56. The summed E-state index contributed by atoms with van der Waals surface area (Å²) in [7, 11) is 2.76. The molecule has 0 aromatic heterocycles. The highest BCUT2D eigenvalue weighted by Gasteiger charge is 2.50.